The number of H-pyrrole nitrogens is 1. The summed E-state index contributed by atoms with van der Waals surface area (Å²) in [6.07, 6.45) is 4.14. The van der Waals surface area contributed by atoms with E-state index in [9.17, 15) is 14.4 Å². The highest BCUT2D eigenvalue weighted by molar-refractivity contribution is 6.05. The van der Waals surface area contributed by atoms with Crippen LogP contribution >= 0.6 is 0 Å². The van der Waals surface area contributed by atoms with Crippen molar-refractivity contribution in [2.75, 3.05) is 0 Å². The van der Waals surface area contributed by atoms with Crippen LogP contribution in [0.1, 0.15) is 54.2 Å². The number of benzene rings is 1. The van der Waals surface area contributed by atoms with Crippen molar-refractivity contribution in [1.82, 2.24) is 35.4 Å². The highest BCUT2D eigenvalue weighted by Gasteiger charge is 2.39. The van der Waals surface area contributed by atoms with Crippen molar-refractivity contribution in [3.8, 4) is 16.9 Å². The van der Waals surface area contributed by atoms with Crippen molar-refractivity contribution in [3.05, 3.63) is 47.4 Å². The average molecular weight is 419 g/mol. The molecule has 2 aromatic heterocycles. The third-order valence-electron chi connectivity index (χ3n) is 5.79. The molecule has 1 atom stereocenters. The van der Waals surface area contributed by atoms with Crippen LogP contribution in [-0.2, 0) is 16.1 Å². The smallest absolute Gasteiger partial charge is 0.255 e. The fraction of sp³-hybridized carbons (Fsp3) is 0.333. The van der Waals surface area contributed by atoms with Gasteiger partial charge in [0.25, 0.3) is 5.91 Å². The average Bonchev–Trinajstić information content (AvgIpc) is 3.46. The largest absolute Gasteiger partial charge is 0.322 e. The first-order chi connectivity index (χ1) is 14.9. The fourth-order valence-electron chi connectivity index (χ4n) is 4.16. The molecule has 3 aromatic rings. The summed E-state index contributed by atoms with van der Waals surface area (Å²) in [4.78, 5) is 38.0. The van der Waals surface area contributed by atoms with Gasteiger partial charge < -0.3 is 4.90 Å². The number of hydrogen-bond acceptors (Lipinski definition) is 6. The van der Waals surface area contributed by atoms with Crippen LogP contribution in [0.4, 0.5) is 0 Å². The van der Waals surface area contributed by atoms with Gasteiger partial charge >= 0.3 is 0 Å². The van der Waals surface area contributed by atoms with Gasteiger partial charge in [0.2, 0.25) is 11.8 Å². The van der Waals surface area contributed by atoms with Gasteiger partial charge in [-0.25, -0.2) is 4.68 Å². The lowest BCUT2D eigenvalue weighted by molar-refractivity contribution is -0.136. The van der Waals surface area contributed by atoms with E-state index < -0.39 is 11.9 Å². The number of fused-ring (bicyclic) bond motifs is 1. The quantitative estimate of drug-likeness (QED) is 0.618. The van der Waals surface area contributed by atoms with E-state index in [0.29, 0.717) is 24.2 Å². The van der Waals surface area contributed by atoms with E-state index in [4.69, 9.17) is 0 Å². The Morgan fingerprint density at radius 2 is 2.00 bits per heavy atom. The number of aromatic amines is 1. The Labute approximate surface area is 177 Å². The van der Waals surface area contributed by atoms with Crippen LogP contribution in [0.2, 0.25) is 0 Å². The van der Waals surface area contributed by atoms with Crippen LogP contribution in [0.25, 0.3) is 16.9 Å². The molecule has 10 heteroatoms. The maximum atomic E-state index is 12.8. The Bertz CT molecular complexity index is 1210. The maximum absolute atomic E-state index is 12.8. The lowest BCUT2D eigenvalue weighted by Crippen LogP contribution is -2.52. The highest BCUT2D eigenvalue weighted by atomic mass is 16.2. The molecule has 1 fully saturated rings. The zero-order valence-electron chi connectivity index (χ0n) is 17.1. The van der Waals surface area contributed by atoms with Gasteiger partial charge in [-0.1, -0.05) is 19.1 Å². The summed E-state index contributed by atoms with van der Waals surface area (Å²) < 4.78 is 1.66. The molecule has 4 heterocycles. The van der Waals surface area contributed by atoms with Crippen molar-refractivity contribution in [2.45, 2.75) is 45.2 Å². The number of carbonyl (C=O) groups excluding carboxylic acids is 3. The summed E-state index contributed by atoms with van der Waals surface area (Å²) in [6, 6.07) is 4.81. The molecule has 0 saturated carbocycles. The third kappa shape index (κ3) is 3.20. The molecule has 31 heavy (non-hydrogen) atoms. The predicted octanol–water partition coefficient (Wildman–Crippen LogP) is 1.54. The fourth-order valence-corrected chi connectivity index (χ4v) is 4.16. The van der Waals surface area contributed by atoms with E-state index >= 15 is 0 Å². The minimum Gasteiger partial charge on any atom is -0.322 e. The topological polar surface area (TPSA) is 126 Å². The first kappa shape index (κ1) is 19.2. The normalized spacial score (nSPS) is 18.6. The number of imide groups is 1. The van der Waals surface area contributed by atoms with Crippen LogP contribution in [0.3, 0.4) is 0 Å². The summed E-state index contributed by atoms with van der Waals surface area (Å²) in [6.45, 7) is 4.47. The number of piperidine rings is 1. The van der Waals surface area contributed by atoms with Gasteiger partial charge in [0.1, 0.15) is 11.7 Å². The van der Waals surface area contributed by atoms with Crippen LogP contribution in [0, 0.1) is 0 Å². The van der Waals surface area contributed by atoms with E-state index in [-0.39, 0.29) is 24.2 Å². The van der Waals surface area contributed by atoms with Gasteiger partial charge in [-0.05, 0) is 36.1 Å². The second-order valence-electron chi connectivity index (χ2n) is 8.14. The number of carbonyl (C=O) groups is 3. The van der Waals surface area contributed by atoms with Gasteiger partial charge in [-0.3, -0.25) is 24.8 Å². The van der Waals surface area contributed by atoms with Crippen molar-refractivity contribution in [1.29, 1.82) is 0 Å². The Hall–Kier alpha value is -3.82. The molecule has 2 N–H and O–H groups in total. The molecule has 1 unspecified atom stereocenters. The first-order valence-electron chi connectivity index (χ1n) is 10.2. The van der Waals surface area contributed by atoms with E-state index in [1.54, 1.807) is 16.9 Å². The van der Waals surface area contributed by atoms with Crippen molar-refractivity contribution in [3.63, 3.8) is 0 Å². The minimum atomic E-state index is -0.630. The Kier molecular flexibility index (Phi) is 4.42. The van der Waals surface area contributed by atoms with Crippen LogP contribution < -0.4 is 5.32 Å². The molecule has 158 valence electrons. The van der Waals surface area contributed by atoms with Crippen molar-refractivity contribution >= 4 is 17.7 Å². The number of aromatic nitrogens is 5. The molecule has 0 spiro atoms. The van der Waals surface area contributed by atoms with E-state index in [0.717, 1.165) is 22.5 Å². The van der Waals surface area contributed by atoms with Crippen molar-refractivity contribution < 1.29 is 14.4 Å². The van der Waals surface area contributed by atoms with E-state index in [2.05, 4.69) is 39.7 Å². The number of nitrogens with zero attached hydrogens (tertiary/aromatic N) is 5. The molecular formula is C21H21N7O3. The summed E-state index contributed by atoms with van der Waals surface area (Å²) in [5.74, 6) is -0.644. The van der Waals surface area contributed by atoms with Crippen LogP contribution in [-0.4, -0.2) is 53.9 Å². The first-order valence-corrected chi connectivity index (χ1v) is 10.2. The molecule has 1 saturated heterocycles. The minimum absolute atomic E-state index is 0.199. The van der Waals surface area contributed by atoms with Crippen LogP contribution in [0.5, 0.6) is 0 Å². The molecule has 2 aliphatic heterocycles. The van der Waals surface area contributed by atoms with Gasteiger partial charge in [-0.2, -0.15) is 5.10 Å². The molecule has 3 amide bonds. The summed E-state index contributed by atoms with van der Waals surface area (Å²) in [5.41, 5.74) is 4.75. The van der Waals surface area contributed by atoms with Crippen molar-refractivity contribution in [2.24, 2.45) is 0 Å². The Morgan fingerprint density at radius 3 is 2.77 bits per heavy atom. The van der Waals surface area contributed by atoms with E-state index in [1.807, 2.05) is 18.3 Å². The molecule has 0 aliphatic carbocycles. The van der Waals surface area contributed by atoms with Crippen LogP contribution in [0.15, 0.2) is 30.6 Å². The second-order valence-corrected chi connectivity index (χ2v) is 8.14. The summed E-state index contributed by atoms with van der Waals surface area (Å²) >= 11 is 0. The summed E-state index contributed by atoms with van der Waals surface area (Å²) in [5, 5.41) is 18.0. The standard InChI is InChI=1S/C21H21N7O3/c1-11(2)19-15(8-22-25-19)16-10-28(26-24-16)13-3-4-14-12(7-13)9-27(21(14)31)17-5-6-18(29)23-20(17)30/h3-4,7-8,10-11,17H,5-6,9H2,1-2H3,(H,22,25)(H,23,29,30). The molecular weight excluding hydrogens is 398 g/mol. The van der Waals surface area contributed by atoms with Gasteiger partial charge in [-0.15, -0.1) is 5.10 Å². The maximum Gasteiger partial charge on any atom is 0.255 e. The SMILES string of the molecule is CC(C)c1[nH]ncc1-c1cn(-c2ccc3c(c2)CN(C2CCC(=O)NC2=O)C3=O)nn1. The highest BCUT2D eigenvalue weighted by Crippen LogP contribution is 2.30. The van der Waals surface area contributed by atoms with E-state index in [1.165, 1.54) is 4.90 Å². The zero-order chi connectivity index (χ0) is 21.7. The third-order valence-corrected chi connectivity index (χ3v) is 5.79. The number of amides is 3. The molecule has 10 nitrogen and oxygen atoms in total. The lowest BCUT2D eigenvalue weighted by atomic mass is 10.0. The molecule has 1 aromatic carbocycles. The summed E-state index contributed by atoms with van der Waals surface area (Å²) in [7, 11) is 0. The monoisotopic (exact) mass is 419 g/mol. The molecule has 5 rings (SSSR count). The number of rotatable bonds is 4. The Balaban J connectivity index is 1.41. The number of hydrogen-bond donors (Lipinski definition) is 2. The zero-order valence-corrected chi connectivity index (χ0v) is 17.1. The second kappa shape index (κ2) is 7.15. The molecule has 2 aliphatic rings. The Morgan fingerprint density at radius 1 is 1.16 bits per heavy atom. The molecule has 0 bridgehead atoms. The predicted molar refractivity (Wildman–Crippen MR) is 109 cm³/mol. The molecule has 0 radical (unpaired) electrons. The number of nitrogens with one attached hydrogen (secondary N) is 2. The van der Waals surface area contributed by atoms with Gasteiger partial charge in [0.05, 0.1) is 18.1 Å². The van der Waals surface area contributed by atoms with Gasteiger partial charge in [0, 0.05) is 29.8 Å². The van der Waals surface area contributed by atoms with Gasteiger partial charge in [0.15, 0.2) is 0 Å². The lowest BCUT2D eigenvalue weighted by Gasteiger charge is -2.29.